The minimum Gasteiger partial charge on any atom is -0.356 e. The molecule has 7 heteroatoms. The number of anilines is 3. The predicted molar refractivity (Wildman–Crippen MR) is 117 cm³/mol. The summed E-state index contributed by atoms with van der Waals surface area (Å²) in [6, 6.07) is 10.1. The van der Waals surface area contributed by atoms with Gasteiger partial charge in [-0.25, -0.2) is 14.8 Å². The van der Waals surface area contributed by atoms with Crippen LogP contribution in [0.3, 0.4) is 0 Å². The van der Waals surface area contributed by atoms with Gasteiger partial charge in [0.2, 0.25) is 0 Å². The van der Waals surface area contributed by atoms with Gasteiger partial charge in [-0.2, -0.15) is 0 Å². The SMILES string of the molecule is CCc1ccc(NC(=O)N2CCN(c3cc(N4CCCC4)nc(C)n3)CC2)cc1. The molecule has 0 saturated carbocycles. The number of urea groups is 1. The molecule has 1 N–H and O–H groups in total. The van der Waals surface area contributed by atoms with Crippen LogP contribution in [0.2, 0.25) is 0 Å². The van der Waals surface area contributed by atoms with Crippen molar-refractivity contribution in [3.05, 3.63) is 41.7 Å². The molecule has 0 radical (unpaired) electrons. The molecule has 0 aliphatic carbocycles. The smallest absolute Gasteiger partial charge is 0.321 e. The van der Waals surface area contributed by atoms with E-state index in [1.807, 2.05) is 24.0 Å². The van der Waals surface area contributed by atoms with E-state index in [0.717, 1.165) is 55.7 Å². The predicted octanol–water partition coefficient (Wildman–Crippen LogP) is 3.30. The van der Waals surface area contributed by atoms with Crippen molar-refractivity contribution in [2.75, 3.05) is 54.4 Å². The van der Waals surface area contributed by atoms with E-state index >= 15 is 0 Å². The first-order valence-electron chi connectivity index (χ1n) is 10.6. The molecular formula is C22H30N6O. The Morgan fingerprint density at radius 2 is 1.52 bits per heavy atom. The van der Waals surface area contributed by atoms with E-state index in [1.165, 1.54) is 18.4 Å². The fraction of sp³-hybridized carbons (Fsp3) is 0.500. The van der Waals surface area contributed by atoms with Gasteiger partial charge < -0.3 is 20.0 Å². The molecule has 1 aromatic heterocycles. The largest absolute Gasteiger partial charge is 0.356 e. The molecule has 2 fully saturated rings. The molecule has 0 spiro atoms. The number of nitrogens with zero attached hydrogens (tertiary/aromatic N) is 5. The summed E-state index contributed by atoms with van der Waals surface area (Å²) in [6.45, 7) is 9.14. The number of hydrogen-bond acceptors (Lipinski definition) is 5. The van der Waals surface area contributed by atoms with E-state index in [2.05, 4.69) is 50.2 Å². The van der Waals surface area contributed by atoms with Crippen LogP contribution in [0.1, 0.15) is 31.2 Å². The number of aromatic nitrogens is 2. The highest BCUT2D eigenvalue weighted by atomic mass is 16.2. The molecule has 2 saturated heterocycles. The monoisotopic (exact) mass is 394 g/mol. The number of rotatable bonds is 4. The highest BCUT2D eigenvalue weighted by Gasteiger charge is 2.23. The van der Waals surface area contributed by atoms with Crippen LogP contribution in [-0.2, 0) is 6.42 Å². The van der Waals surface area contributed by atoms with Gasteiger partial charge in [-0.15, -0.1) is 0 Å². The second-order valence-electron chi connectivity index (χ2n) is 7.78. The average Bonchev–Trinajstić information content (AvgIpc) is 3.29. The maximum atomic E-state index is 12.6. The second-order valence-corrected chi connectivity index (χ2v) is 7.78. The Morgan fingerprint density at radius 3 is 2.10 bits per heavy atom. The summed E-state index contributed by atoms with van der Waals surface area (Å²) >= 11 is 0. The number of aryl methyl sites for hydroxylation is 2. The molecule has 1 aromatic carbocycles. The number of carbonyl (C=O) groups excluding carboxylic acids is 1. The van der Waals surface area contributed by atoms with Gasteiger partial charge in [-0.1, -0.05) is 19.1 Å². The van der Waals surface area contributed by atoms with Gasteiger partial charge in [0.15, 0.2) is 0 Å². The van der Waals surface area contributed by atoms with E-state index in [-0.39, 0.29) is 6.03 Å². The highest BCUT2D eigenvalue weighted by Crippen LogP contribution is 2.23. The minimum atomic E-state index is -0.0366. The molecule has 7 nitrogen and oxygen atoms in total. The van der Waals surface area contributed by atoms with Crippen LogP contribution < -0.4 is 15.1 Å². The van der Waals surface area contributed by atoms with Crippen LogP contribution in [0.4, 0.5) is 22.1 Å². The van der Waals surface area contributed by atoms with Gasteiger partial charge in [-0.05, 0) is 43.9 Å². The van der Waals surface area contributed by atoms with Crippen molar-refractivity contribution in [1.82, 2.24) is 14.9 Å². The van der Waals surface area contributed by atoms with Crippen LogP contribution >= 0.6 is 0 Å². The molecule has 0 atom stereocenters. The Bertz CT molecular complexity index is 839. The quantitative estimate of drug-likeness (QED) is 0.862. The van der Waals surface area contributed by atoms with Gasteiger partial charge in [0, 0.05) is 51.0 Å². The van der Waals surface area contributed by atoms with Crippen molar-refractivity contribution < 1.29 is 4.79 Å². The molecule has 0 unspecified atom stereocenters. The summed E-state index contributed by atoms with van der Waals surface area (Å²) in [5.41, 5.74) is 2.11. The average molecular weight is 395 g/mol. The van der Waals surface area contributed by atoms with Crippen molar-refractivity contribution in [1.29, 1.82) is 0 Å². The molecule has 2 aromatic rings. The van der Waals surface area contributed by atoms with Crippen LogP contribution in [0.5, 0.6) is 0 Å². The number of carbonyl (C=O) groups is 1. The van der Waals surface area contributed by atoms with E-state index in [1.54, 1.807) is 0 Å². The number of piperazine rings is 1. The van der Waals surface area contributed by atoms with Crippen LogP contribution in [0.15, 0.2) is 30.3 Å². The zero-order valence-electron chi connectivity index (χ0n) is 17.4. The van der Waals surface area contributed by atoms with Crippen molar-refractivity contribution in [3.8, 4) is 0 Å². The van der Waals surface area contributed by atoms with Gasteiger partial charge in [0.25, 0.3) is 0 Å². The zero-order chi connectivity index (χ0) is 20.2. The van der Waals surface area contributed by atoms with Crippen LogP contribution in [-0.4, -0.2) is 60.2 Å². The summed E-state index contributed by atoms with van der Waals surface area (Å²) in [5.74, 6) is 2.80. The molecule has 4 rings (SSSR count). The van der Waals surface area contributed by atoms with Crippen molar-refractivity contribution in [2.24, 2.45) is 0 Å². The third kappa shape index (κ3) is 4.60. The Labute approximate surface area is 172 Å². The maximum absolute atomic E-state index is 12.6. The van der Waals surface area contributed by atoms with Gasteiger partial charge >= 0.3 is 6.03 Å². The number of benzene rings is 1. The van der Waals surface area contributed by atoms with Crippen LogP contribution in [0, 0.1) is 6.92 Å². The van der Waals surface area contributed by atoms with E-state index in [4.69, 9.17) is 0 Å². The Morgan fingerprint density at radius 1 is 0.931 bits per heavy atom. The molecule has 2 aliphatic rings. The third-order valence-corrected chi connectivity index (χ3v) is 5.75. The van der Waals surface area contributed by atoms with Crippen molar-refractivity contribution in [2.45, 2.75) is 33.1 Å². The van der Waals surface area contributed by atoms with E-state index in [0.29, 0.717) is 13.1 Å². The molecule has 0 bridgehead atoms. The van der Waals surface area contributed by atoms with Gasteiger partial charge in [0.1, 0.15) is 17.5 Å². The normalized spacial score (nSPS) is 17.0. The lowest BCUT2D eigenvalue weighted by Gasteiger charge is -2.35. The highest BCUT2D eigenvalue weighted by molar-refractivity contribution is 5.89. The first kappa shape index (κ1) is 19.5. The summed E-state index contributed by atoms with van der Waals surface area (Å²) < 4.78 is 0. The third-order valence-electron chi connectivity index (χ3n) is 5.75. The molecule has 2 aliphatic heterocycles. The van der Waals surface area contributed by atoms with Crippen LogP contribution in [0.25, 0.3) is 0 Å². The number of nitrogens with one attached hydrogen (secondary N) is 1. The lowest BCUT2D eigenvalue weighted by Crippen LogP contribution is -2.50. The number of amides is 2. The Kier molecular flexibility index (Phi) is 5.83. The minimum absolute atomic E-state index is 0.0366. The van der Waals surface area contributed by atoms with E-state index < -0.39 is 0 Å². The second kappa shape index (κ2) is 8.68. The maximum Gasteiger partial charge on any atom is 0.321 e. The fourth-order valence-electron chi connectivity index (χ4n) is 3.97. The van der Waals surface area contributed by atoms with E-state index in [9.17, 15) is 4.79 Å². The summed E-state index contributed by atoms with van der Waals surface area (Å²) in [5, 5.41) is 3.01. The molecular weight excluding hydrogens is 364 g/mol. The summed E-state index contributed by atoms with van der Waals surface area (Å²) in [7, 11) is 0. The molecule has 154 valence electrons. The van der Waals surface area contributed by atoms with Crippen molar-refractivity contribution >= 4 is 23.4 Å². The molecule has 3 heterocycles. The lowest BCUT2D eigenvalue weighted by molar-refractivity contribution is 0.208. The lowest BCUT2D eigenvalue weighted by atomic mass is 10.1. The first-order chi connectivity index (χ1) is 14.1. The van der Waals surface area contributed by atoms with Gasteiger partial charge in [-0.3, -0.25) is 0 Å². The fourth-order valence-corrected chi connectivity index (χ4v) is 3.97. The topological polar surface area (TPSA) is 64.6 Å². The zero-order valence-corrected chi connectivity index (χ0v) is 17.4. The number of hydrogen-bond donors (Lipinski definition) is 1. The summed E-state index contributed by atoms with van der Waals surface area (Å²) in [4.78, 5) is 28.4. The molecule has 2 amide bonds. The van der Waals surface area contributed by atoms with Gasteiger partial charge in [0.05, 0.1) is 0 Å². The Balaban J connectivity index is 1.35. The standard InChI is InChI=1S/C22H30N6O/c1-3-18-6-8-19(9-7-18)25-22(29)28-14-12-27(13-15-28)21-16-20(23-17(2)24-21)26-10-4-5-11-26/h6-9,16H,3-5,10-15H2,1-2H3,(H,25,29). The van der Waals surface area contributed by atoms with Crippen molar-refractivity contribution in [3.63, 3.8) is 0 Å². The first-order valence-corrected chi connectivity index (χ1v) is 10.6. The Hall–Kier alpha value is -2.83. The molecule has 29 heavy (non-hydrogen) atoms. The summed E-state index contributed by atoms with van der Waals surface area (Å²) in [6.07, 6.45) is 3.46.